The molecule has 3 unspecified atom stereocenters. The van der Waals surface area contributed by atoms with E-state index in [1.807, 2.05) is 6.07 Å². The Hall–Kier alpha value is -1.10. The molecule has 2 N–H and O–H groups in total. The molecular formula is C17H28N2O2. The number of ether oxygens (including phenoxy) is 2. The molecule has 0 fully saturated rings. The van der Waals surface area contributed by atoms with Gasteiger partial charge in [0, 0.05) is 25.2 Å². The van der Waals surface area contributed by atoms with Crippen molar-refractivity contribution in [3.63, 3.8) is 0 Å². The molecule has 1 aromatic carbocycles. The minimum Gasteiger partial charge on any atom is -0.497 e. The average Bonchev–Trinajstić information content (AvgIpc) is 2.50. The van der Waals surface area contributed by atoms with E-state index in [4.69, 9.17) is 15.2 Å². The van der Waals surface area contributed by atoms with Gasteiger partial charge in [0.1, 0.15) is 5.75 Å². The topological polar surface area (TPSA) is 47.7 Å². The zero-order valence-electron chi connectivity index (χ0n) is 13.6. The van der Waals surface area contributed by atoms with Gasteiger partial charge in [-0.1, -0.05) is 13.0 Å². The number of fused-ring (bicyclic) bond motifs is 1. The molecule has 0 saturated carbocycles. The second-order valence-corrected chi connectivity index (χ2v) is 5.83. The fourth-order valence-electron chi connectivity index (χ4n) is 3.51. The Labute approximate surface area is 128 Å². The first-order valence-electron chi connectivity index (χ1n) is 7.79. The van der Waals surface area contributed by atoms with Gasteiger partial charge in [-0.15, -0.1) is 0 Å². The summed E-state index contributed by atoms with van der Waals surface area (Å²) in [4.78, 5) is 2.47. The van der Waals surface area contributed by atoms with Crippen LogP contribution in [-0.2, 0) is 11.2 Å². The molecule has 1 aliphatic carbocycles. The van der Waals surface area contributed by atoms with E-state index in [0.29, 0.717) is 12.1 Å². The molecule has 0 radical (unpaired) electrons. The second-order valence-electron chi connectivity index (χ2n) is 5.83. The summed E-state index contributed by atoms with van der Waals surface area (Å²) in [5, 5.41) is 0. The third kappa shape index (κ3) is 3.39. The first-order chi connectivity index (χ1) is 10.1. The van der Waals surface area contributed by atoms with Crippen LogP contribution in [0.25, 0.3) is 0 Å². The quantitative estimate of drug-likeness (QED) is 0.874. The second kappa shape index (κ2) is 7.25. The number of likely N-dealkylation sites (N-methyl/N-ethyl adjacent to an activating group) is 1. The number of hydrogen-bond donors (Lipinski definition) is 1. The Kier molecular flexibility index (Phi) is 5.62. The number of benzene rings is 1. The maximum atomic E-state index is 6.59. The highest BCUT2D eigenvalue weighted by Gasteiger charge is 2.32. The lowest BCUT2D eigenvalue weighted by Crippen LogP contribution is -2.50. The molecule has 3 atom stereocenters. The Balaban J connectivity index is 2.23. The van der Waals surface area contributed by atoms with Gasteiger partial charge in [0.25, 0.3) is 0 Å². The van der Waals surface area contributed by atoms with Crippen LogP contribution >= 0.6 is 0 Å². The van der Waals surface area contributed by atoms with Crippen molar-refractivity contribution in [3.8, 4) is 5.75 Å². The standard InChI is InChI=1S/C17H28N2O2/c1-5-19(12(2)11-20-3)16-9-7-13-6-8-14(21-4)10-15(13)17(16)18/h6,8,10,12,16-17H,5,7,9,11,18H2,1-4H3. The number of aryl methyl sites for hydroxylation is 1. The monoisotopic (exact) mass is 292 g/mol. The zero-order valence-corrected chi connectivity index (χ0v) is 13.6. The highest BCUT2D eigenvalue weighted by molar-refractivity contribution is 5.40. The first kappa shape index (κ1) is 16.3. The number of hydrogen-bond acceptors (Lipinski definition) is 4. The van der Waals surface area contributed by atoms with Crippen LogP contribution in [0.4, 0.5) is 0 Å². The van der Waals surface area contributed by atoms with E-state index in [0.717, 1.165) is 31.7 Å². The molecule has 0 aromatic heterocycles. The lowest BCUT2D eigenvalue weighted by Gasteiger charge is -2.42. The maximum Gasteiger partial charge on any atom is 0.119 e. The summed E-state index contributed by atoms with van der Waals surface area (Å²) in [6, 6.07) is 7.04. The molecule has 2 rings (SSSR count). The SMILES string of the molecule is CCN(C(C)COC)C1CCc2ccc(OC)cc2C1N. The van der Waals surface area contributed by atoms with Crippen LogP contribution in [0.5, 0.6) is 5.75 Å². The van der Waals surface area contributed by atoms with Crippen molar-refractivity contribution >= 4 is 0 Å². The van der Waals surface area contributed by atoms with Crippen LogP contribution in [-0.4, -0.2) is 44.4 Å². The summed E-state index contributed by atoms with van der Waals surface area (Å²) < 4.78 is 10.7. The summed E-state index contributed by atoms with van der Waals surface area (Å²) in [5.41, 5.74) is 9.17. The minimum atomic E-state index is 0.0307. The summed E-state index contributed by atoms with van der Waals surface area (Å²) in [7, 11) is 3.46. The molecule has 4 heteroatoms. The largest absolute Gasteiger partial charge is 0.497 e. The Morgan fingerprint density at radius 2 is 2.14 bits per heavy atom. The fourth-order valence-corrected chi connectivity index (χ4v) is 3.51. The Bertz CT molecular complexity index is 464. The lowest BCUT2D eigenvalue weighted by molar-refractivity contribution is 0.0578. The van der Waals surface area contributed by atoms with Crippen molar-refractivity contribution in [1.82, 2.24) is 4.90 Å². The number of nitrogens with zero attached hydrogens (tertiary/aromatic N) is 1. The maximum absolute atomic E-state index is 6.59. The Morgan fingerprint density at radius 1 is 1.38 bits per heavy atom. The Morgan fingerprint density at radius 3 is 2.76 bits per heavy atom. The molecule has 118 valence electrons. The predicted octanol–water partition coefficient (Wildman–Crippen LogP) is 2.37. The molecule has 0 amide bonds. The third-order valence-electron chi connectivity index (χ3n) is 4.60. The molecule has 0 spiro atoms. The van der Waals surface area contributed by atoms with Gasteiger partial charge in [0.05, 0.1) is 13.7 Å². The first-order valence-corrected chi connectivity index (χ1v) is 7.79. The smallest absolute Gasteiger partial charge is 0.119 e. The van der Waals surface area contributed by atoms with Crippen LogP contribution in [0.2, 0.25) is 0 Å². The van der Waals surface area contributed by atoms with Crippen molar-refractivity contribution in [1.29, 1.82) is 0 Å². The lowest BCUT2D eigenvalue weighted by atomic mass is 9.83. The van der Waals surface area contributed by atoms with Crippen molar-refractivity contribution in [2.75, 3.05) is 27.4 Å². The summed E-state index contributed by atoms with van der Waals surface area (Å²) >= 11 is 0. The van der Waals surface area contributed by atoms with E-state index in [9.17, 15) is 0 Å². The van der Waals surface area contributed by atoms with E-state index in [2.05, 4.69) is 30.9 Å². The molecule has 4 nitrogen and oxygen atoms in total. The number of methoxy groups -OCH3 is 2. The minimum absolute atomic E-state index is 0.0307. The van der Waals surface area contributed by atoms with Crippen molar-refractivity contribution in [2.45, 2.75) is 44.8 Å². The van der Waals surface area contributed by atoms with Gasteiger partial charge in [0.2, 0.25) is 0 Å². The van der Waals surface area contributed by atoms with E-state index >= 15 is 0 Å². The van der Waals surface area contributed by atoms with Gasteiger partial charge in [0.15, 0.2) is 0 Å². The summed E-state index contributed by atoms with van der Waals surface area (Å²) in [6.45, 7) is 6.13. The fraction of sp³-hybridized carbons (Fsp3) is 0.647. The van der Waals surface area contributed by atoms with E-state index in [1.54, 1.807) is 14.2 Å². The van der Waals surface area contributed by atoms with Gasteiger partial charge in [-0.2, -0.15) is 0 Å². The van der Waals surface area contributed by atoms with Crippen LogP contribution in [0, 0.1) is 0 Å². The van der Waals surface area contributed by atoms with Crippen LogP contribution < -0.4 is 10.5 Å². The van der Waals surface area contributed by atoms with Crippen molar-refractivity contribution in [2.24, 2.45) is 5.73 Å². The van der Waals surface area contributed by atoms with Gasteiger partial charge < -0.3 is 15.2 Å². The average molecular weight is 292 g/mol. The molecule has 1 aliphatic rings. The van der Waals surface area contributed by atoms with Crippen LogP contribution in [0.3, 0.4) is 0 Å². The van der Waals surface area contributed by atoms with Gasteiger partial charge in [-0.3, -0.25) is 4.90 Å². The highest BCUT2D eigenvalue weighted by atomic mass is 16.5. The van der Waals surface area contributed by atoms with Gasteiger partial charge in [-0.25, -0.2) is 0 Å². The molecule has 0 heterocycles. The zero-order chi connectivity index (χ0) is 15.4. The number of nitrogens with two attached hydrogens (primary N) is 1. The molecular weight excluding hydrogens is 264 g/mol. The molecule has 0 saturated heterocycles. The summed E-state index contributed by atoms with van der Waals surface area (Å²) in [6.07, 6.45) is 2.18. The molecule has 21 heavy (non-hydrogen) atoms. The van der Waals surface area contributed by atoms with Crippen LogP contribution in [0.15, 0.2) is 18.2 Å². The molecule has 1 aromatic rings. The highest BCUT2D eigenvalue weighted by Crippen LogP contribution is 2.34. The molecule has 0 bridgehead atoms. The van der Waals surface area contributed by atoms with E-state index in [-0.39, 0.29) is 6.04 Å². The molecule has 0 aliphatic heterocycles. The normalized spacial score (nSPS) is 23.0. The summed E-state index contributed by atoms with van der Waals surface area (Å²) in [5.74, 6) is 0.887. The van der Waals surface area contributed by atoms with Gasteiger partial charge in [-0.05, 0) is 49.6 Å². The van der Waals surface area contributed by atoms with E-state index in [1.165, 1.54) is 11.1 Å². The third-order valence-corrected chi connectivity index (χ3v) is 4.60. The van der Waals surface area contributed by atoms with E-state index < -0.39 is 0 Å². The van der Waals surface area contributed by atoms with Crippen molar-refractivity contribution in [3.05, 3.63) is 29.3 Å². The van der Waals surface area contributed by atoms with Crippen molar-refractivity contribution < 1.29 is 9.47 Å². The van der Waals surface area contributed by atoms with Gasteiger partial charge >= 0.3 is 0 Å². The number of rotatable bonds is 6. The predicted molar refractivity (Wildman–Crippen MR) is 85.7 cm³/mol. The van der Waals surface area contributed by atoms with Crippen LogP contribution in [0.1, 0.15) is 37.4 Å².